The van der Waals surface area contributed by atoms with Gasteiger partial charge in [0, 0.05) is 34.7 Å². The average molecular weight is 291 g/mol. The zero-order valence-electron chi connectivity index (χ0n) is 12.3. The Morgan fingerprint density at radius 1 is 1.40 bits per heavy atom. The van der Waals surface area contributed by atoms with Gasteiger partial charge in [-0.05, 0) is 42.4 Å². The third-order valence-corrected chi connectivity index (χ3v) is 4.75. The molecular weight excluding hydrogens is 268 g/mol. The van der Waals surface area contributed by atoms with Gasteiger partial charge in [-0.3, -0.25) is 0 Å². The number of rotatable bonds is 3. The Morgan fingerprint density at radius 2 is 2.25 bits per heavy atom. The second-order valence-corrected chi connectivity index (χ2v) is 7.28. The molecule has 1 aliphatic rings. The van der Waals surface area contributed by atoms with Crippen LogP contribution in [-0.4, -0.2) is 11.0 Å². The van der Waals surface area contributed by atoms with Crippen LogP contribution in [0.5, 0.6) is 0 Å². The highest BCUT2D eigenvalue weighted by Gasteiger charge is 2.27. The zero-order chi connectivity index (χ0) is 14.2. The second kappa shape index (κ2) is 5.42. The predicted octanol–water partition coefficient (Wildman–Crippen LogP) is 4.88. The van der Waals surface area contributed by atoms with Crippen molar-refractivity contribution in [1.82, 2.24) is 10.3 Å². The Balaban J connectivity index is 1.68. The summed E-state index contributed by atoms with van der Waals surface area (Å²) in [5.74, 6) is 0. The van der Waals surface area contributed by atoms with Gasteiger partial charge in [0.05, 0.1) is 0 Å². The van der Waals surface area contributed by atoms with E-state index >= 15 is 0 Å². The van der Waals surface area contributed by atoms with Crippen LogP contribution in [0.15, 0.2) is 24.4 Å². The van der Waals surface area contributed by atoms with Crippen LogP contribution in [0.2, 0.25) is 5.02 Å². The highest BCUT2D eigenvalue weighted by molar-refractivity contribution is 6.31. The molecule has 1 unspecified atom stereocenters. The van der Waals surface area contributed by atoms with Gasteiger partial charge in [-0.2, -0.15) is 0 Å². The minimum atomic E-state index is 0.490. The maximum absolute atomic E-state index is 6.02. The molecule has 20 heavy (non-hydrogen) atoms. The minimum absolute atomic E-state index is 0.490. The number of fused-ring (bicyclic) bond motifs is 1. The van der Waals surface area contributed by atoms with Crippen LogP contribution in [0, 0.1) is 5.41 Å². The van der Waals surface area contributed by atoms with Crippen LogP contribution in [0.1, 0.15) is 45.1 Å². The van der Waals surface area contributed by atoms with Crippen molar-refractivity contribution in [2.75, 3.05) is 0 Å². The molecule has 1 atom stereocenters. The summed E-state index contributed by atoms with van der Waals surface area (Å²) in [6, 6.07) is 6.71. The van der Waals surface area contributed by atoms with E-state index in [0.717, 1.165) is 17.1 Å². The third kappa shape index (κ3) is 3.02. The molecule has 0 amide bonds. The van der Waals surface area contributed by atoms with Crippen LogP contribution in [0.4, 0.5) is 0 Å². The van der Waals surface area contributed by atoms with E-state index in [0.29, 0.717) is 11.5 Å². The van der Waals surface area contributed by atoms with E-state index in [9.17, 15) is 0 Å². The number of benzene rings is 1. The number of hydrogen-bond donors (Lipinski definition) is 2. The maximum Gasteiger partial charge on any atom is 0.0472 e. The molecule has 1 saturated carbocycles. The lowest BCUT2D eigenvalue weighted by Gasteiger charge is -2.35. The molecule has 1 aromatic heterocycles. The molecule has 2 N–H and O–H groups in total. The van der Waals surface area contributed by atoms with Crippen molar-refractivity contribution in [2.24, 2.45) is 5.41 Å². The summed E-state index contributed by atoms with van der Waals surface area (Å²) in [5.41, 5.74) is 2.95. The van der Waals surface area contributed by atoms with Crippen molar-refractivity contribution in [3.05, 3.63) is 35.0 Å². The molecule has 3 heteroatoms. The molecule has 3 rings (SSSR count). The first-order chi connectivity index (χ1) is 9.53. The SMILES string of the molecule is CC1(C)CCCC(NCc2c[nH]c3cc(Cl)ccc23)C1. The first-order valence-electron chi connectivity index (χ1n) is 7.52. The van der Waals surface area contributed by atoms with Gasteiger partial charge < -0.3 is 10.3 Å². The number of hydrogen-bond acceptors (Lipinski definition) is 1. The fourth-order valence-corrected chi connectivity index (χ4v) is 3.60. The molecule has 0 saturated heterocycles. The zero-order valence-corrected chi connectivity index (χ0v) is 13.1. The van der Waals surface area contributed by atoms with E-state index in [1.165, 1.54) is 36.6 Å². The smallest absolute Gasteiger partial charge is 0.0472 e. The van der Waals surface area contributed by atoms with Crippen LogP contribution >= 0.6 is 11.6 Å². The minimum Gasteiger partial charge on any atom is -0.361 e. The van der Waals surface area contributed by atoms with Crippen molar-refractivity contribution < 1.29 is 0 Å². The first kappa shape index (κ1) is 14.0. The number of aromatic amines is 1. The lowest BCUT2D eigenvalue weighted by atomic mass is 9.75. The van der Waals surface area contributed by atoms with Crippen molar-refractivity contribution in [3.8, 4) is 0 Å². The van der Waals surface area contributed by atoms with Gasteiger partial charge in [0.25, 0.3) is 0 Å². The van der Waals surface area contributed by atoms with Gasteiger partial charge in [-0.15, -0.1) is 0 Å². The Kier molecular flexibility index (Phi) is 3.78. The summed E-state index contributed by atoms with van der Waals surface area (Å²) < 4.78 is 0. The third-order valence-electron chi connectivity index (χ3n) is 4.52. The fraction of sp³-hybridized carbons (Fsp3) is 0.529. The highest BCUT2D eigenvalue weighted by Crippen LogP contribution is 2.35. The van der Waals surface area contributed by atoms with E-state index in [4.69, 9.17) is 11.6 Å². The van der Waals surface area contributed by atoms with E-state index in [-0.39, 0.29) is 0 Å². The van der Waals surface area contributed by atoms with Gasteiger partial charge in [-0.25, -0.2) is 0 Å². The van der Waals surface area contributed by atoms with Gasteiger partial charge in [0.2, 0.25) is 0 Å². The molecule has 108 valence electrons. The lowest BCUT2D eigenvalue weighted by Crippen LogP contribution is -2.36. The maximum atomic E-state index is 6.02. The van der Waals surface area contributed by atoms with Crippen LogP contribution in [0.3, 0.4) is 0 Å². The summed E-state index contributed by atoms with van der Waals surface area (Å²) in [4.78, 5) is 3.31. The van der Waals surface area contributed by atoms with Crippen molar-refractivity contribution in [2.45, 2.75) is 52.1 Å². The topological polar surface area (TPSA) is 27.8 Å². The summed E-state index contributed by atoms with van der Waals surface area (Å²) in [6.45, 7) is 5.70. The van der Waals surface area contributed by atoms with E-state index < -0.39 is 0 Å². The van der Waals surface area contributed by atoms with Crippen LogP contribution in [-0.2, 0) is 6.54 Å². The highest BCUT2D eigenvalue weighted by atomic mass is 35.5. The van der Waals surface area contributed by atoms with Crippen molar-refractivity contribution >= 4 is 22.5 Å². The van der Waals surface area contributed by atoms with Crippen LogP contribution < -0.4 is 5.32 Å². The molecule has 0 spiro atoms. The quantitative estimate of drug-likeness (QED) is 0.828. The monoisotopic (exact) mass is 290 g/mol. The molecule has 1 aromatic carbocycles. The number of halogens is 1. The molecule has 1 fully saturated rings. The summed E-state index contributed by atoms with van der Waals surface area (Å²) in [6.07, 6.45) is 7.38. The van der Waals surface area contributed by atoms with Crippen LogP contribution in [0.25, 0.3) is 10.9 Å². The Labute approximate surface area is 125 Å². The number of aromatic nitrogens is 1. The standard InChI is InChI=1S/C17H23ClN2/c1-17(2)7-3-4-14(9-17)19-10-12-11-20-16-8-13(18)5-6-15(12)16/h5-6,8,11,14,19-20H,3-4,7,9-10H2,1-2H3. The van der Waals surface area contributed by atoms with Crippen molar-refractivity contribution in [3.63, 3.8) is 0 Å². The Hall–Kier alpha value is -0.990. The number of H-pyrrole nitrogens is 1. The largest absolute Gasteiger partial charge is 0.361 e. The fourth-order valence-electron chi connectivity index (χ4n) is 3.43. The molecule has 0 bridgehead atoms. The predicted molar refractivity (Wildman–Crippen MR) is 86.2 cm³/mol. The Morgan fingerprint density at radius 3 is 3.05 bits per heavy atom. The molecule has 0 radical (unpaired) electrons. The molecule has 1 heterocycles. The van der Waals surface area contributed by atoms with E-state index in [2.05, 4.69) is 36.4 Å². The molecule has 2 nitrogen and oxygen atoms in total. The van der Waals surface area contributed by atoms with Gasteiger partial charge in [0.1, 0.15) is 0 Å². The Bertz CT molecular complexity index is 600. The summed E-state index contributed by atoms with van der Waals surface area (Å²) >= 11 is 6.02. The normalized spacial score (nSPS) is 22.2. The van der Waals surface area contributed by atoms with E-state index in [1.54, 1.807) is 0 Å². The average Bonchev–Trinajstić information content (AvgIpc) is 2.77. The number of nitrogens with one attached hydrogen (secondary N) is 2. The molecule has 2 aromatic rings. The lowest BCUT2D eigenvalue weighted by molar-refractivity contribution is 0.198. The summed E-state index contributed by atoms with van der Waals surface area (Å²) in [5, 5.41) is 5.79. The molecule has 1 aliphatic carbocycles. The molecular formula is C17H23ClN2. The van der Waals surface area contributed by atoms with Gasteiger partial charge in [-0.1, -0.05) is 37.9 Å². The summed E-state index contributed by atoms with van der Waals surface area (Å²) in [7, 11) is 0. The van der Waals surface area contributed by atoms with Crippen molar-refractivity contribution in [1.29, 1.82) is 0 Å². The molecule has 0 aliphatic heterocycles. The van der Waals surface area contributed by atoms with E-state index in [1.807, 2.05) is 12.1 Å². The van der Waals surface area contributed by atoms with Gasteiger partial charge in [0.15, 0.2) is 0 Å². The second-order valence-electron chi connectivity index (χ2n) is 6.84. The first-order valence-corrected chi connectivity index (χ1v) is 7.90. The van der Waals surface area contributed by atoms with Gasteiger partial charge >= 0.3 is 0 Å².